The molecule has 0 aromatic heterocycles. The lowest BCUT2D eigenvalue weighted by Crippen LogP contribution is -2.03. The Morgan fingerprint density at radius 3 is 2.14 bits per heavy atom. The van der Waals surface area contributed by atoms with Gasteiger partial charge in [-0.05, 0) is 74.1 Å². The third-order valence-corrected chi connectivity index (χ3v) is 4.01. The van der Waals surface area contributed by atoms with Crippen LogP contribution in [0, 0.1) is 27.7 Å². The van der Waals surface area contributed by atoms with E-state index in [9.17, 15) is 4.79 Å². The molecule has 0 saturated heterocycles. The topological polar surface area (TPSA) is 43.1 Å². The molecule has 0 radical (unpaired) electrons. The van der Waals surface area contributed by atoms with Gasteiger partial charge < -0.3 is 5.73 Å². The van der Waals surface area contributed by atoms with Crippen molar-refractivity contribution in [2.24, 2.45) is 0 Å². The average molecular weight is 293 g/mol. The van der Waals surface area contributed by atoms with Gasteiger partial charge in [0.25, 0.3) is 0 Å². The van der Waals surface area contributed by atoms with Crippen LogP contribution in [0.3, 0.4) is 0 Å². The maximum Gasteiger partial charge on any atom is 0.153 e. The summed E-state index contributed by atoms with van der Waals surface area (Å²) in [6, 6.07) is 10.3. The normalized spacial score (nSPS) is 11.6. The van der Waals surface area contributed by atoms with Gasteiger partial charge in [-0.3, -0.25) is 4.79 Å². The molecule has 0 spiro atoms. The van der Waals surface area contributed by atoms with Gasteiger partial charge in [-0.2, -0.15) is 0 Å². The molecule has 2 nitrogen and oxygen atoms in total. The molecule has 22 heavy (non-hydrogen) atoms. The SMILES string of the molecule is CC(=O)/C=C(/c1ccc(C)cc1)c1c(C)cc(C)c(N)c1C. The zero-order valence-corrected chi connectivity index (χ0v) is 13.9. The molecular weight excluding hydrogens is 270 g/mol. The Morgan fingerprint density at radius 2 is 1.59 bits per heavy atom. The summed E-state index contributed by atoms with van der Waals surface area (Å²) in [6.07, 6.45) is 1.70. The molecule has 0 aliphatic carbocycles. The fourth-order valence-corrected chi connectivity index (χ4v) is 2.85. The Morgan fingerprint density at radius 1 is 1.00 bits per heavy atom. The van der Waals surface area contributed by atoms with Crippen LogP contribution in [0.15, 0.2) is 36.4 Å². The number of carbonyl (C=O) groups is 1. The van der Waals surface area contributed by atoms with Gasteiger partial charge in [0.1, 0.15) is 0 Å². The molecular formula is C20H23NO. The number of nitrogen functional groups attached to an aromatic ring is 1. The number of allylic oxidation sites excluding steroid dienone is 1. The summed E-state index contributed by atoms with van der Waals surface area (Å²) in [6.45, 7) is 9.73. The highest BCUT2D eigenvalue weighted by molar-refractivity contribution is 6.00. The molecule has 0 heterocycles. The summed E-state index contributed by atoms with van der Waals surface area (Å²) in [5.74, 6) is 0.0357. The first-order valence-corrected chi connectivity index (χ1v) is 7.47. The van der Waals surface area contributed by atoms with Crippen molar-refractivity contribution in [1.82, 2.24) is 0 Å². The van der Waals surface area contributed by atoms with Gasteiger partial charge in [0.2, 0.25) is 0 Å². The van der Waals surface area contributed by atoms with Crippen molar-refractivity contribution < 1.29 is 4.79 Å². The Bertz CT molecular complexity index is 752. The van der Waals surface area contributed by atoms with Crippen LogP contribution in [-0.2, 0) is 4.79 Å². The molecule has 0 fully saturated rings. The fraction of sp³-hybridized carbons (Fsp3) is 0.250. The fourth-order valence-electron chi connectivity index (χ4n) is 2.85. The van der Waals surface area contributed by atoms with Crippen molar-refractivity contribution in [2.45, 2.75) is 34.6 Å². The maximum atomic E-state index is 11.7. The minimum absolute atomic E-state index is 0.0357. The quantitative estimate of drug-likeness (QED) is 0.667. The van der Waals surface area contributed by atoms with Gasteiger partial charge in [-0.25, -0.2) is 0 Å². The van der Waals surface area contributed by atoms with Crippen LogP contribution < -0.4 is 5.73 Å². The second-order valence-electron chi connectivity index (χ2n) is 5.96. The molecule has 0 saturated carbocycles. The van der Waals surface area contributed by atoms with E-state index in [1.54, 1.807) is 13.0 Å². The Hall–Kier alpha value is -2.35. The smallest absolute Gasteiger partial charge is 0.153 e. The number of hydrogen-bond donors (Lipinski definition) is 1. The molecule has 0 unspecified atom stereocenters. The predicted octanol–water partition coefficient (Wildman–Crippen LogP) is 4.52. The average Bonchev–Trinajstić information content (AvgIpc) is 2.44. The van der Waals surface area contributed by atoms with E-state index in [1.807, 2.05) is 13.8 Å². The molecule has 0 atom stereocenters. The number of benzene rings is 2. The van der Waals surface area contributed by atoms with Gasteiger partial charge >= 0.3 is 0 Å². The first kappa shape index (κ1) is 16.0. The number of carbonyl (C=O) groups excluding carboxylic acids is 1. The zero-order chi connectivity index (χ0) is 16.4. The number of ketones is 1. The summed E-state index contributed by atoms with van der Waals surface area (Å²) in [5, 5.41) is 0. The molecule has 0 bridgehead atoms. The molecule has 2 aromatic rings. The molecule has 0 amide bonds. The highest BCUT2D eigenvalue weighted by atomic mass is 16.1. The van der Waals surface area contributed by atoms with Crippen LogP contribution in [0.1, 0.15) is 40.3 Å². The number of aryl methyl sites for hydroxylation is 3. The van der Waals surface area contributed by atoms with Gasteiger partial charge in [-0.1, -0.05) is 35.9 Å². The van der Waals surface area contributed by atoms with E-state index in [1.165, 1.54) is 5.56 Å². The number of nitrogens with two attached hydrogens (primary N) is 1. The molecule has 2 heteroatoms. The standard InChI is InChI=1S/C20H23NO/c1-12-6-8-17(9-7-12)18(11-15(4)22)19-13(2)10-14(3)20(21)16(19)5/h6-11H,21H2,1-5H3/b18-11-. The van der Waals surface area contributed by atoms with Crippen LogP contribution >= 0.6 is 0 Å². The third-order valence-electron chi connectivity index (χ3n) is 4.01. The van der Waals surface area contributed by atoms with Crippen molar-refractivity contribution in [3.63, 3.8) is 0 Å². The number of hydrogen-bond acceptors (Lipinski definition) is 2. The Labute approximate surface area is 132 Å². The molecule has 2 aromatic carbocycles. The number of anilines is 1. The molecule has 114 valence electrons. The second-order valence-corrected chi connectivity index (χ2v) is 5.96. The van der Waals surface area contributed by atoms with Gasteiger partial charge in [0, 0.05) is 5.69 Å². The molecule has 2 N–H and O–H groups in total. The van der Waals surface area contributed by atoms with Crippen molar-refractivity contribution in [3.05, 3.63) is 69.8 Å². The van der Waals surface area contributed by atoms with Crippen molar-refractivity contribution in [2.75, 3.05) is 5.73 Å². The minimum Gasteiger partial charge on any atom is -0.398 e. The molecule has 0 aliphatic heterocycles. The monoisotopic (exact) mass is 293 g/mol. The zero-order valence-electron chi connectivity index (χ0n) is 13.9. The van der Waals surface area contributed by atoms with E-state index in [0.717, 1.165) is 39.1 Å². The minimum atomic E-state index is 0.0357. The second kappa shape index (κ2) is 6.18. The predicted molar refractivity (Wildman–Crippen MR) is 94.0 cm³/mol. The van der Waals surface area contributed by atoms with E-state index in [0.29, 0.717) is 0 Å². The van der Waals surface area contributed by atoms with Crippen LogP contribution in [0.5, 0.6) is 0 Å². The summed E-state index contributed by atoms with van der Waals surface area (Å²) < 4.78 is 0. The molecule has 2 rings (SSSR count). The van der Waals surface area contributed by atoms with Crippen LogP contribution in [0.2, 0.25) is 0 Å². The van der Waals surface area contributed by atoms with Gasteiger partial charge in [0.05, 0.1) is 0 Å². The van der Waals surface area contributed by atoms with Gasteiger partial charge in [0.15, 0.2) is 5.78 Å². The summed E-state index contributed by atoms with van der Waals surface area (Å²) in [7, 11) is 0. The summed E-state index contributed by atoms with van der Waals surface area (Å²) in [5.41, 5.74) is 14.5. The lowest BCUT2D eigenvalue weighted by atomic mass is 9.87. The first-order chi connectivity index (χ1) is 10.3. The van der Waals surface area contributed by atoms with Crippen LogP contribution in [-0.4, -0.2) is 5.78 Å². The van der Waals surface area contributed by atoms with Crippen LogP contribution in [0.4, 0.5) is 5.69 Å². The summed E-state index contributed by atoms with van der Waals surface area (Å²) in [4.78, 5) is 11.7. The first-order valence-electron chi connectivity index (χ1n) is 7.47. The van der Waals surface area contributed by atoms with E-state index in [-0.39, 0.29) is 5.78 Å². The lowest BCUT2D eigenvalue weighted by Gasteiger charge is -2.18. The van der Waals surface area contributed by atoms with Gasteiger partial charge in [-0.15, -0.1) is 0 Å². The van der Waals surface area contributed by atoms with Crippen LogP contribution in [0.25, 0.3) is 5.57 Å². The highest BCUT2D eigenvalue weighted by Crippen LogP contribution is 2.33. The Kier molecular flexibility index (Phi) is 4.51. The lowest BCUT2D eigenvalue weighted by molar-refractivity contribution is -0.112. The van der Waals surface area contributed by atoms with E-state index in [2.05, 4.69) is 44.2 Å². The van der Waals surface area contributed by atoms with E-state index >= 15 is 0 Å². The largest absolute Gasteiger partial charge is 0.398 e. The van der Waals surface area contributed by atoms with E-state index in [4.69, 9.17) is 5.73 Å². The number of rotatable bonds is 3. The third kappa shape index (κ3) is 3.11. The van der Waals surface area contributed by atoms with E-state index < -0.39 is 0 Å². The Balaban J connectivity index is 2.74. The van der Waals surface area contributed by atoms with Crippen molar-refractivity contribution in [1.29, 1.82) is 0 Å². The maximum absolute atomic E-state index is 11.7. The highest BCUT2D eigenvalue weighted by Gasteiger charge is 2.15. The molecule has 0 aliphatic rings. The van der Waals surface area contributed by atoms with Crippen molar-refractivity contribution in [3.8, 4) is 0 Å². The summed E-state index contributed by atoms with van der Waals surface area (Å²) >= 11 is 0. The van der Waals surface area contributed by atoms with Crippen molar-refractivity contribution >= 4 is 17.0 Å².